The highest BCUT2D eigenvalue weighted by molar-refractivity contribution is 7.88. The van der Waals surface area contributed by atoms with Gasteiger partial charge in [0.05, 0.1) is 12.9 Å². The van der Waals surface area contributed by atoms with E-state index < -0.39 is 10.0 Å². The maximum absolute atomic E-state index is 12.4. The SMILES string of the molecule is CCOc1ccc(C(=O)N2CCC(NS(C)(=O)=O)CC2)cc1. The summed E-state index contributed by atoms with van der Waals surface area (Å²) in [5, 5.41) is 0. The Balaban J connectivity index is 1.92. The van der Waals surface area contributed by atoms with Crippen LogP contribution in [0.1, 0.15) is 30.1 Å². The summed E-state index contributed by atoms with van der Waals surface area (Å²) < 4.78 is 30.4. The van der Waals surface area contributed by atoms with Gasteiger partial charge >= 0.3 is 0 Å². The normalized spacial score (nSPS) is 16.5. The first kappa shape index (κ1) is 16.8. The van der Waals surface area contributed by atoms with Gasteiger partial charge in [-0.25, -0.2) is 13.1 Å². The Morgan fingerprint density at radius 1 is 1.27 bits per heavy atom. The van der Waals surface area contributed by atoms with Crippen molar-refractivity contribution in [2.75, 3.05) is 26.0 Å². The van der Waals surface area contributed by atoms with E-state index in [0.29, 0.717) is 38.1 Å². The van der Waals surface area contributed by atoms with Crippen LogP contribution in [0.3, 0.4) is 0 Å². The minimum absolute atomic E-state index is 0.0270. The smallest absolute Gasteiger partial charge is 0.253 e. The number of hydrogen-bond donors (Lipinski definition) is 1. The van der Waals surface area contributed by atoms with E-state index in [0.717, 1.165) is 12.0 Å². The lowest BCUT2D eigenvalue weighted by Crippen LogP contribution is -2.46. The fourth-order valence-electron chi connectivity index (χ4n) is 2.55. The molecule has 1 aliphatic rings. The molecule has 1 heterocycles. The van der Waals surface area contributed by atoms with E-state index in [9.17, 15) is 13.2 Å². The molecule has 0 radical (unpaired) electrons. The summed E-state index contributed by atoms with van der Waals surface area (Å²) >= 11 is 0. The zero-order chi connectivity index (χ0) is 16.2. The summed E-state index contributed by atoms with van der Waals surface area (Å²) in [6.45, 7) is 3.61. The molecular formula is C15H22N2O4S. The average Bonchev–Trinajstić information content (AvgIpc) is 2.47. The lowest BCUT2D eigenvalue weighted by molar-refractivity contribution is 0.0711. The summed E-state index contributed by atoms with van der Waals surface area (Å²) in [7, 11) is -3.19. The van der Waals surface area contributed by atoms with E-state index in [1.807, 2.05) is 6.92 Å². The number of ether oxygens (including phenoxy) is 1. The van der Waals surface area contributed by atoms with Gasteiger partial charge in [0.2, 0.25) is 10.0 Å². The number of rotatable bonds is 5. The molecule has 7 heteroatoms. The van der Waals surface area contributed by atoms with Gasteiger partial charge in [-0.05, 0) is 44.0 Å². The predicted molar refractivity (Wildman–Crippen MR) is 84.5 cm³/mol. The molecule has 0 saturated carbocycles. The first-order chi connectivity index (χ1) is 10.4. The second-order valence-corrected chi connectivity index (χ2v) is 7.19. The molecule has 0 unspecified atom stereocenters. The third-order valence-electron chi connectivity index (χ3n) is 3.58. The van der Waals surface area contributed by atoms with Crippen molar-refractivity contribution in [2.24, 2.45) is 0 Å². The number of piperidine rings is 1. The number of carbonyl (C=O) groups is 1. The molecule has 0 aromatic heterocycles. The summed E-state index contributed by atoms with van der Waals surface area (Å²) in [4.78, 5) is 14.2. The van der Waals surface area contributed by atoms with Crippen LogP contribution >= 0.6 is 0 Å². The Morgan fingerprint density at radius 2 is 1.86 bits per heavy atom. The average molecular weight is 326 g/mol. The van der Waals surface area contributed by atoms with Crippen molar-refractivity contribution < 1.29 is 17.9 Å². The molecule has 1 fully saturated rings. The van der Waals surface area contributed by atoms with E-state index in [2.05, 4.69) is 4.72 Å². The number of sulfonamides is 1. The largest absolute Gasteiger partial charge is 0.494 e. The Morgan fingerprint density at radius 3 is 2.36 bits per heavy atom. The maximum atomic E-state index is 12.4. The fourth-order valence-corrected chi connectivity index (χ4v) is 3.39. The highest BCUT2D eigenvalue weighted by atomic mass is 32.2. The molecular weight excluding hydrogens is 304 g/mol. The van der Waals surface area contributed by atoms with Crippen molar-refractivity contribution in [1.82, 2.24) is 9.62 Å². The third kappa shape index (κ3) is 4.71. The second-order valence-electron chi connectivity index (χ2n) is 5.41. The molecule has 1 aliphatic heterocycles. The van der Waals surface area contributed by atoms with E-state index >= 15 is 0 Å². The summed E-state index contributed by atoms with van der Waals surface area (Å²) in [6, 6.07) is 7.01. The molecule has 1 aromatic rings. The second kappa shape index (κ2) is 7.11. The highest BCUT2D eigenvalue weighted by Crippen LogP contribution is 2.17. The van der Waals surface area contributed by atoms with Gasteiger partial charge in [0.1, 0.15) is 5.75 Å². The van der Waals surface area contributed by atoms with Gasteiger partial charge in [0, 0.05) is 24.7 Å². The van der Waals surface area contributed by atoms with Crippen molar-refractivity contribution in [3.8, 4) is 5.75 Å². The van der Waals surface area contributed by atoms with Crippen molar-refractivity contribution >= 4 is 15.9 Å². The molecule has 1 aromatic carbocycles. The predicted octanol–water partition coefficient (Wildman–Crippen LogP) is 1.24. The number of benzene rings is 1. The van der Waals surface area contributed by atoms with Gasteiger partial charge in [-0.15, -0.1) is 0 Å². The Bertz CT molecular complexity index is 605. The molecule has 0 atom stereocenters. The molecule has 122 valence electrons. The quantitative estimate of drug-likeness (QED) is 0.883. The number of nitrogens with zero attached hydrogens (tertiary/aromatic N) is 1. The molecule has 6 nitrogen and oxygen atoms in total. The van der Waals surface area contributed by atoms with Gasteiger partial charge in [-0.2, -0.15) is 0 Å². The Hall–Kier alpha value is -1.60. The Labute approximate surface area is 131 Å². The lowest BCUT2D eigenvalue weighted by Gasteiger charge is -2.32. The zero-order valence-electron chi connectivity index (χ0n) is 12.9. The minimum Gasteiger partial charge on any atom is -0.494 e. The van der Waals surface area contributed by atoms with Crippen LogP contribution in [-0.4, -0.2) is 51.2 Å². The molecule has 2 rings (SSSR count). The maximum Gasteiger partial charge on any atom is 0.253 e. The molecule has 0 spiro atoms. The van der Waals surface area contributed by atoms with E-state index in [4.69, 9.17) is 4.74 Å². The number of nitrogens with one attached hydrogen (secondary N) is 1. The van der Waals surface area contributed by atoms with E-state index in [-0.39, 0.29) is 11.9 Å². The molecule has 22 heavy (non-hydrogen) atoms. The van der Waals surface area contributed by atoms with Crippen LogP contribution in [0.2, 0.25) is 0 Å². The minimum atomic E-state index is -3.19. The first-order valence-electron chi connectivity index (χ1n) is 7.38. The number of amides is 1. The van der Waals surface area contributed by atoms with Gasteiger partial charge in [-0.3, -0.25) is 4.79 Å². The number of likely N-dealkylation sites (tertiary alicyclic amines) is 1. The van der Waals surface area contributed by atoms with Crippen molar-refractivity contribution in [2.45, 2.75) is 25.8 Å². The summed E-state index contributed by atoms with van der Waals surface area (Å²) in [6.07, 6.45) is 2.43. The third-order valence-corrected chi connectivity index (χ3v) is 4.34. The van der Waals surface area contributed by atoms with Gasteiger partial charge < -0.3 is 9.64 Å². The van der Waals surface area contributed by atoms with Crippen molar-refractivity contribution in [1.29, 1.82) is 0 Å². The van der Waals surface area contributed by atoms with Crippen LogP contribution in [-0.2, 0) is 10.0 Å². The summed E-state index contributed by atoms with van der Waals surface area (Å²) in [5.41, 5.74) is 0.623. The van der Waals surface area contributed by atoms with Gasteiger partial charge in [0.25, 0.3) is 5.91 Å². The van der Waals surface area contributed by atoms with Gasteiger partial charge in [-0.1, -0.05) is 0 Å². The zero-order valence-corrected chi connectivity index (χ0v) is 13.7. The molecule has 1 saturated heterocycles. The van der Waals surface area contributed by atoms with Gasteiger partial charge in [0.15, 0.2) is 0 Å². The standard InChI is InChI=1S/C15H22N2O4S/c1-3-21-14-6-4-12(5-7-14)15(18)17-10-8-13(9-11-17)16-22(2,19)20/h4-7,13,16H,3,8-11H2,1-2H3. The number of hydrogen-bond acceptors (Lipinski definition) is 4. The van der Waals surface area contributed by atoms with Crippen LogP contribution in [0.5, 0.6) is 5.75 Å². The fraction of sp³-hybridized carbons (Fsp3) is 0.533. The molecule has 0 bridgehead atoms. The molecule has 1 N–H and O–H groups in total. The highest BCUT2D eigenvalue weighted by Gasteiger charge is 2.25. The van der Waals surface area contributed by atoms with E-state index in [1.54, 1.807) is 29.2 Å². The lowest BCUT2D eigenvalue weighted by atomic mass is 10.0. The van der Waals surface area contributed by atoms with E-state index in [1.165, 1.54) is 0 Å². The van der Waals surface area contributed by atoms with Crippen LogP contribution < -0.4 is 9.46 Å². The van der Waals surface area contributed by atoms with Crippen molar-refractivity contribution in [3.63, 3.8) is 0 Å². The van der Waals surface area contributed by atoms with Crippen LogP contribution in [0.25, 0.3) is 0 Å². The Kier molecular flexibility index (Phi) is 5.42. The van der Waals surface area contributed by atoms with Crippen molar-refractivity contribution in [3.05, 3.63) is 29.8 Å². The summed E-state index contributed by atoms with van der Waals surface area (Å²) in [5.74, 6) is 0.718. The number of carbonyl (C=O) groups excluding carboxylic acids is 1. The molecule has 1 amide bonds. The van der Waals surface area contributed by atoms with Crippen LogP contribution in [0.4, 0.5) is 0 Å². The monoisotopic (exact) mass is 326 g/mol. The first-order valence-corrected chi connectivity index (χ1v) is 9.27. The topological polar surface area (TPSA) is 75.7 Å². The van der Waals surface area contributed by atoms with Crippen LogP contribution in [0, 0.1) is 0 Å². The van der Waals surface area contributed by atoms with Crippen LogP contribution in [0.15, 0.2) is 24.3 Å². The molecule has 0 aliphatic carbocycles.